The highest BCUT2D eigenvalue weighted by molar-refractivity contribution is 7.99. The second-order valence-corrected chi connectivity index (χ2v) is 8.75. The minimum Gasteiger partial charge on any atom is -0.353 e. The minimum absolute atomic E-state index is 0.00219. The highest BCUT2D eigenvalue weighted by atomic mass is 32.2. The zero-order chi connectivity index (χ0) is 19.5. The summed E-state index contributed by atoms with van der Waals surface area (Å²) in [6, 6.07) is 7.64. The number of allylic oxidation sites excluding steroid dienone is 1. The van der Waals surface area contributed by atoms with Gasteiger partial charge in [-0.2, -0.15) is 11.8 Å². The molecule has 0 radical (unpaired) electrons. The summed E-state index contributed by atoms with van der Waals surface area (Å²) in [5.74, 6) is 2.91. The second-order valence-electron chi connectivity index (χ2n) is 6.58. The van der Waals surface area contributed by atoms with Crippen molar-refractivity contribution in [2.45, 2.75) is 30.6 Å². The fraction of sp³-hybridized carbons (Fsp3) is 0.368. The molecule has 0 spiro atoms. The molecular weight excluding hydrogens is 394 g/mol. The Hall–Kier alpha value is -2.26. The van der Waals surface area contributed by atoms with Crippen LogP contribution in [0.1, 0.15) is 12.8 Å². The van der Waals surface area contributed by atoms with Crippen LogP contribution in [0.2, 0.25) is 0 Å². The van der Waals surface area contributed by atoms with Gasteiger partial charge in [0.2, 0.25) is 11.7 Å². The number of benzene rings is 1. The van der Waals surface area contributed by atoms with Gasteiger partial charge in [-0.25, -0.2) is 0 Å². The Morgan fingerprint density at radius 3 is 2.89 bits per heavy atom. The Labute approximate surface area is 170 Å². The van der Waals surface area contributed by atoms with Crippen LogP contribution in [0, 0.1) is 0 Å². The van der Waals surface area contributed by atoms with Crippen LogP contribution in [-0.2, 0) is 11.3 Å². The number of aromatic nitrogens is 4. The van der Waals surface area contributed by atoms with Crippen molar-refractivity contribution >= 4 is 46.1 Å². The average Bonchev–Trinajstić information content (AvgIpc) is 3.14. The fourth-order valence-electron chi connectivity index (χ4n) is 3.36. The lowest BCUT2D eigenvalue weighted by molar-refractivity contribution is -0.119. The first-order valence-corrected chi connectivity index (χ1v) is 11.3. The highest BCUT2D eigenvalue weighted by Gasteiger charge is 2.19. The summed E-state index contributed by atoms with van der Waals surface area (Å²) in [5.41, 5.74) is 0.611. The standard InChI is InChI=1S/C19H21N5O2S2/c1-2-9-23-17(26)14-5-3-4-6-15(14)24-18(23)21-22-19(24)28-12-16(25)20-13-7-10-27-11-8-13/h2-6,13H,1,7-12H2,(H,20,25). The van der Waals surface area contributed by atoms with E-state index in [4.69, 9.17) is 0 Å². The van der Waals surface area contributed by atoms with E-state index >= 15 is 0 Å². The van der Waals surface area contributed by atoms with Crippen LogP contribution in [0.25, 0.3) is 16.7 Å². The van der Waals surface area contributed by atoms with Gasteiger partial charge >= 0.3 is 0 Å². The summed E-state index contributed by atoms with van der Waals surface area (Å²) in [7, 11) is 0. The summed E-state index contributed by atoms with van der Waals surface area (Å²) >= 11 is 3.26. The van der Waals surface area contributed by atoms with Crippen molar-refractivity contribution < 1.29 is 4.79 Å². The van der Waals surface area contributed by atoms with E-state index in [-0.39, 0.29) is 23.3 Å². The number of thioether (sulfide) groups is 2. The summed E-state index contributed by atoms with van der Waals surface area (Å²) in [6.45, 7) is 4.07. The molecule has 0 aliphatic carbocycles. The molecule has 1 aliphatic heterocycles. The maximum Gasteiger partial charge on any atom is 0.263 e. The second kappa shape index (κ2) is 8.40. The van der Waals surface area contributed by atoms with E-state index in [0.717, 1.165) is 29.9 Å². The lowest BCUT2D eigenvalue weighted by atomic mass is 10.1. The number of rotatable bonds is 6. The summed E-state index contributed by atoms with van der Waals surface area (Å²) in [5, 5.41) is 12.8. The smallest absolute Gasteiger partial charge is 0.263 e. The predicted octanol–water partition coefficient (Wildman–Crippen LogP) is 2.33. The van der Waals surface area contributed by atoms with Crippen LogP contribution in [0.4, 0.5) is 0 Å². The van der Waals surface area contributed by atoms with Crippen LogP contribution < -0.4 is 10.9 Å². The van der Waals surface area contributed by atoms with E-state index < -0.39 is 0 Å². The summed E-state index contributed by atoms with van der Waals surface area (Å²) in [6.07, 6.45) is 3.70. The SMILES string of the molecule is C=CCn1c(=O)c2ccccc2n2c(SCC(=O)NC3CCSCC3)nnc12. The number of hydrogen-bond acceptors (Lipinski definition) is 6. The Bertz CT molecular complexity index is 1090. The maximum atomic E-state index is 12.8. The number of carbonyl (C=O) groups excluding carboxylic acids is 1. The zero-order valence-corrected chi connectivity index (χ0v) is 17.0. The molecule has 1 saturated heterocycles. The van der Waals surface area contributed by atoms with Gasteiger partial charge in [0.05, 0.1) is 16.7 Å². The average molecular weight is 416 g/mol. The molecule has 0 bridgehead atoms. The molecule has 9 heteroatoms. The third kappa shape index (κ3) is 3.68. The van der Waals surface area contributed by atoms with E-state index in [1.54, 1.807) is 16.7 Å². The largest absolute Gasteiger partial charge is 0.353 e. The molecule has 1 fully saturated rings. The van der Waals surface area contributed by atoms with Crippen molar-refractivity contribution in [2.75, 3.05) is 17.3 Å². The Balaban J connectivity index is 1.63. The topological polar surface area (TPSA) is 81.3 Å². The van der Waals surface area contributed by atoms with Gasteiger partial charge in [-0.3, -0.25) is 18.6 Å². The molecule has 0 unspecified atom stereocenters. The van der Waals surface area contributed by atoms with Gasteiger partial charge in [-0.05, 0) is 36.5 Å². The number of carbonyl (C=O) groups is 1. The van der Waals surface area contributed by atoms with Gasteiger partial charge in [0.1, 0.15) is 0 Å². The van der Waals surface area contributed by atoms with Gasteiger partial charge in [0, 0.05) is 12.6 Å². The van der Waals surface area contributed by atoms with Crippen LogP contribution in [-0.4, -0.2) is 48.4 Å². The van der Waals surface area contributed by atoms with Crippen LogP contribution in [0.5, 0.6) is 0 Å². The molecule has 1 amide bonds. The van der Waals surface area contributed by atoms with E-state index in [2.05, 4.69) is 22.1 Å². The number of nitrogens with one attached hydrogen (secondary N) is 1. The van der Waals surface area contributed by atoms with Crippen molar-refractivity contribution in [1.82, 2.24) is 24.5 Å². The molecule has 0 saturated carbocycles. The zero-order valence-electron chi connectivity index (χ0n) is 15.3. The van der Waals surface area contributed by atoms with E-state index in [0.29, 0.717) is 22.9 Å². The maximum absolute atomic E-state index is 12.8. The van der Waals surface area contributed by atoms with Gasteiger partial charge in [-0.1, -0.05) is 30.0 Å². The highest BCUT2D eigenvalue weighted by Crippen LogP contribution is 2.22. The molecule has 1 aliphatic rings. The molecule has 7 nitrogen and oxygen atoms in total. The van der Waals surface area contributed by atoms with Crippen molar-refractivity contribution in [3.63, 3.8) is 0 Å². The third-order valence-electron chi connectivity index (χ3n) is 4.71. The lowest BCUT2D eigenvalue weighted by Gasteiger charge is -2.22. The molecule has 3 aromatic rings. The molecule has 0 atom stereocenters. The van der Waals surface area contributed by atoms with E-state index in [1.165, 1.54) is 11.8 Å². The van der Waals surface area contributed by atoms with Crippen molar-refractivity contribution in [2.24, 2.45) is 0 Å². The number of para-hydroxylation sites is 1. The molecule has 1 N–H and O–H groups in total. The monoisotopic (exact) mass is 415 g/mol. The van der Waals surface area contributed by atoms with Crippen LogP contribution in [0.3, 0.4) is 0 Å². The number of fused-ring (bicyclic) bond motifs is 3. The predicted molar refractivity (Wildman–Crippen MR) is 114 cm³/mol. The van der Waals surface area contributed by atoms with Crippen LogP contribution >= 0.6 is 23.5 Å². The molecule has 146 valence electrons. The Morgan fingerprint density at radius 2 is 2.11 bits per heavy atom. The van der Waals surface area contributed by atoms with Crippen molar-refractivity contribution in [3.05, 3.63) is 47.3 Å². The van der Waals surface area contributed by atoms with Crippen molar-refractivity contribution in [1.29, 1.82) is 0 Å². The molecule has 2 aromatic heterocycles. The molecule has 28 heavy (non-hydrogen) atoms. The van der Waals surface area contributed by atoms with Gasteiger partial charge in [0.15, 0.2) is 5.16 Å². The number of amides is 1. The minimum atomic E-state index is -0.125. The third-order valence-corrected chi connectivity index (χ3v) is 6.69. The van der Waals surface area contributed by atoms with E-state index in [1.807, 2.05) is 34.4 Å². The first-order valence-electron chi connectivity index (χ1n) is 9.16. The summed E-state index contributed by atoms with van der Waals surface area (Å²) in [4.78, 5) is 25.2. The number of hydrogen-bond donors (Lipinski definition) is 1. The first kappa shape index (κ1) is 19.1. The first-order chi connectivity index (χ1) is 13.7. The normalized spacial score (nSPS) is 15.1. The Morgan fingerprint density at radius 1 is 1.32 bits per heavy atom. The molecule has 3 heterocycles. The molecule has 1 aromatic carbocycles. The van der Waals surface area contributed by atoms with Gasteiger partial charge in [-0.15, -0.1) is 16.8 Å². The van der Waals surface area contributed by atoms with Gasteiger partial charge < -0.3 is 5.32 Å². The quantitative estimate of drug-likeness (QED) is 0.492. The molecule has 4 rings (SSSR count). The van der Waals surface area contributed by atoms with Gasteiger partial charge in [0.25, 0.3) is 5.56 Å². The molecular formula is C19H21N5O2S2. The summed E-state index contributed by atoms with van der Waals surface area (Å²) < 4.78 is 3.39. The lowest BCUT2D eigenvalue weighted by Crippen LogP contribution is -2.38. The van der Waals surface area contributed by atoms with Crippen LogP contribution in [0.15, 0.2) is 46.9 Å². The van der Waals surface area contributed by atoms with E-state index in [9.17, 15) is 9.59 Å². The fourth-order valence-corrected chi connectivity index (χ4v) is 5.22. The number of nitrogens with zero attached hydrogens (tertiary/aromatic N) is 4. The van der Waals surface area contributed by atoms with Crippen molar-refractivity contribution in [3.8, 4) is 0 Å². The Kier molecular flexibility index (Phi) is 5.72.